The average Bonchev–Trinajstić information content (AvgIpc) is 3.33. The maximum Gasteiger partial charge on any atom is 0.240 e. The zero-order valence-electron chi connectivity index (χ0n) is 19.1. The highest BCUT2D eigenvalue weighted by Crippen LogP contribution is 2.33. The van der Waals surface area contributed by atoms with E-state index in [1.807, 2.05) is 0 Å². The number of hydrogen-bond donors (Lipinski definition) is 1. The molecule has 0 spiro atoms. The van der Waals surface area contributed by atoms with Gasteiger partial charge in [0.25, 0.3) is 0 Å². The van der Waals surface area contributed by atoms with Crippen LogP contribution in [0.25, 0.3) is 0 Å². The van der Waals surface area contributed by atoms with Crippen LogP contribution in [0.15, 0.2) is 41.3 Å². The maximum absolute atomic E-state index is 13.1. The van der Waals surface area contributed by atoms with E-state index in [0.717, 1.165) is 45.3 Å². The molecule has 8 heteroatoms. The highest BCUT2D eigenvalue weighted by atomic mass is 32.2. The van der Waals surface area contributed by atoms with E-state index >= 15 is 0 Å². The van der Waals surface area contributed by atoms with Gasteiger partial charge in [-0.05, 0) is 68.1 Å². The Bertz CT molecular complexity index is 1050. The zero-order valence-corrected chi connectivity index (χ0v) is 20.0. The Hall–Kier alpha value is -2.29. The molecule has 1 N–H and O–H groups in total. The molecule has 2 aliphatic heterocycles. The van der Waals surface area contributed by atoms with Crippen molar-refractivity contribution in [2.75, 3.05) is 52.3 Å². The van der Waals surface area contributed by atoms with Crippen molar-refractivity contribution in [1.82, 2.24) is 9.62 Å². The largest absolute Gasteiger partial charge is 0.493 e. The Morgan fingerprint density at radius 3 is 2.44 bits per heavy atom. The molecule has 2 aromatic carbocycles. The number of anilines is 1. The van der Waals surface area contributed by atoms with Crippen LogP contribution in [-0.2, 0) is 16.4 Å². The van der Waals surface area contributed by atoms with Crippen molar-refractivity contribution in [2.45, 2.75) is 36.6 Å². The summed E-state index contributed by atoms with van der Waals surface area (Å²) in [6.45, 7) is 3.37. The lowest BCUT2D eigenvalue weighted by molar-refractivity contribution is 0.246. The van der Waals surface area contributed by atoms with Crippen LogP contribution in [0.5, 0.6) is 11.5 Å². The fourth-order valence-electron chi connectivity index (χ4n) is 4.78. The molecule has 2 aromatic rings. The van der Waals surface area contributed by atoms with Gasteiger partial charge in [0, 0.05) is 37.9 Å². The Balaban J connectivity index is 1.58. The minimum Gasteiger partial charge on any atom is -0.493 e. The van der Waals surface area contributed by atoms with E-state index in [2.05, 4.69) is 39.8 Å². The molecular formula is C24H33N3O4S. The highest BCUT2D eigenvalue weighted by molar-refractivity contribution is 7.89. The fraction of sp³-hybridized carbons (Fsp3) is 0.500. The molecule has 7 nitrogen and oxygen atoms in total. The van der Waals surface area contributed by atoms with Gasteiger partial charge in [0.05, 0.1) is 19.1 Å². The van der Waals surface area contributed by atoms with Crippen LogP contribution in [-0.4, -0.2) is 60.8 Å². The standard InChI is InChI=1S/C24H33N3O4S/c1-26-12-6-7-18-15-19(8-10-21(18)26)22(27-13-4-5-14-27)17-25-32(28,29)20-9-11-23(30-2)24(16-20)31-3/h8-11,15-16,22,25H,4-7,12-14,17H2,1-3H3. The van der Waals surface area contributed by atoms with Crippen molar-refractivity contribution in [1.29, 1.82) is 0 Å². The smallest absolute Gasteiger partial charge is 0.240 e. The lowest BCUT2D eigenvalue weighted by atomic mass is 9.96. The third-order valence-electron chi connectivity index (χ3n) is 6.55. The van der Waals surface area contributed by atoms with Gasteiger partial charge in [-0.15, -0.1) is 0 Å². The van der Waals surface area contributed by atoms with Crippen LogP contribution >= 0.6 is 0 Å². The lowest BCUT2D eigenvalue weighted by Crippen LogP contribution is -2.37. The van der Waals surface area contributed by atoms with E-state index < -0.39 is 10.0 Å². The Morgan fingerprint density at radius 2 is 1.72 bits per heavy atom. The number of methoxy groups -OCH3 is 2. The summed E-state index contributed by atoms with van der Waals surface area (Å²) in [6, 6.07) is 11.3. The van der Waals surface area contributed by atoms with E-state index in [0.29, 0.717) is 18.0 Å². The van der Waals surface area contributed by atoms with Crippen LogP contribution in [0.2, 0.25) is 0 Å². The quantitative estimate of drug-likeness (QED) is 0.654. The molecule has 32 heavy (non-hydrogen) atoms. The number of fused-ring (bicyclic) bond motifs is 1. The number of nitrogens with one attached hydrogen (secondary N) is 1. The second kappa shape index (κ2) is 9.68. The van der Waals surface area contributed by atoms with Crippen molar-refractivity contribution in [2.24, 2.45) is 0 Å². The van der Waals surface area contributed by atoms with Gasteiger partial charge in [0.2, 0.25) is 10.0 Å². The molecule has 0 aliphatic carbocycles. The molecule has 0 radical (unpaired) electrons. The number of likely N-dealkylation sites (tertiary alicyclic amines) is 1. The topological polar surface area (TPSA) is 71.1 Å². The summed E-state index contributed by atoms with van der Waals surface area (Å²) in [5.41, 5.74) is 3.81. The number of sulfonamides is 1. The molecule has 1 unspecified atom stereocenters. The number of aryl methyl sites for hydroxylation is 1. The monoisotopic (exact) mass is 459 g/mol. The number of rotatable bonds is 8. The van der Waals surface area contributed by atoms with Gasteiger partial charge in [0.15, 0.2) is 11.5 Å². The number of benzene rings is 2. The first kappa shape index (κ1) is 22.9. The Kier molecular flexibility index (Phi) is 6.93. The first-order valence-corrected chi connectivity index (χ1v) is 12.7. The van der Waals surface area contributed by atoms with Crippen LogP contribution < -0.4 is 19.1 Å². The van der Waals surface area contributed by atoms with Crippen LogP contribution in [0, 0.1) is 0 Å². The summed E-state index contributed by atoms with van der Waals surface area (Å²) in [6.07, 6.45) is 4.50. The van der Waals surface area contributed by atoms with Gasteiger partial charge in [-0.25, -0.2) is 13.1 Å². The molecule has 174 valence electrons. The summed E-state index contributed by atoms with van der Waals surface area (Å²) < 4.78 is 39.5. The van der Waals surface area contributed by atoms with Crippen molar-refractivity contribution in [3.05, 3.63) is 47.5 Å². The van der Waals surface area contributed by atoms with Crippen molar-refractivity contribution < 1.29 is 17.9 Å². The molecule has 0 aromatic heterocycles. The van der Waals surface area contributed by atoms with Gasteiger partial charge < -0.3 is 14.4 Å². The molecule has 2 aliphatic rings. The summed E-state index contributed by atoms with van der Waals surface area (Å²) in [4.78, 5) is 4.86. The average molecular weight is 460 g/mol. The third kappa shape index (κ3) is 4.72. The van der Waals surface area contributed by atoms with Crippen LogP contribution in [0.1, 0.15) is 36.4 Å². The maximum atomic E-state index is 13.1. The predicted molar refractivity (Wildman–Crippen MR) is 126 cm³/mol. The van der Waals surface area contributed by atoms with Gasteiger partial charge in [0.1, 0.15) is 0 Å². The van der Waals surface area contributed by atoms with E-state index in [9.17, 15) is 8.42 Å². The SMILES string of the molecule is COc1ccc(S(=O)(=O)NCC(c2ccc3c(c2)CCCN3C)N2CCCC2)cc1OC. The summed E-state index contributed by atoms with van der Waals surface area (Å²) in [5.74, 6) is 0.894. The van der Waals surface area contributed by atoms with Gasteiger partial charge in [-0.2, -0.15) is 0 Å². The van der Waals surface area contributed by atoms with Gasteiger partial charge >= 0.3 is 0 Å². The van der Waals surface area contributed by atoms with Crippen LogP contribution in [0.4, 0.5) is 5.69 Å². The number of hydrogen-bond acceptors (Lipinski definition) is 6. The van der Waals surface area contributed by atoms with E-state index in [1.54, 1.807) is 12.1 Å². The van der Waals surface area contributed by atoms with Crippen molar-refractivity contribution in [3.8, 4) is 11.5 Å². The van der Waals surface area contributed by atoms with E-state index in [-0.39, 0.29) is 10.9 Å². The Morgan fingerprint density at radius 1 is 0.969 bits per heavy atom. The number of ether oxygens (including phenoxy) is 2. The molecule has 2 heterocycles. The minimum atomic E-state index is -3.70. The van der Waals surface area contributed by atoms with Crippen molar-refractivity contribution >= 4 is 15.7 Å². The molecule has 0 amide bonds. The Labute approximate surface area is 191 Å². The first-order valence-electron chi connectivity index (χ1n) is 11.2. The van der Waals surface area contributed by atoms with Crippen molar-refractivity contribution in [3.63, 3.8) is 0 Å². The fourth-order valence-corrected chi connectivity index (χ4v) is 5.83. The molecular weight excluding hydrogens is 426 g/mol. The second-order valence-corrected chi connectivity index (χ2v) is 10.3. The third-order valence-corrected chi connectivity index (χ3v) is 7.97. The van der Waals surface area contributed by atoms with E-state index in [1.165, 1.54) is 37.1 Å². The predicted octanol–water partition coefficient (Wildman–Crippen LogP) is 3.20. The molecule has 4 rings (SSSR count). The molecule has 0 saturated carbocycles. The van der Waals surface area contributed by atoms with Crippen LogP contribution in [0.3, 0.4) is 0 Å². The van der Waals surface area contributed by atoms with Gasteiger partial charge in [-0.1, -0.05) is 12.1 Å². The van der Waals surface area contributed by atoms with Gasteiger partial charge in [-0.3, -0.25) is 4.90 Å². The van der Waals surface area contributed by atoms with E-state index in [4.69, 9.17) is 9.47 Å². The summed E-state index contributed by atoms with van der Waals surface area (Å²) >= 11 is 0. The first-order chi connectivity index (χ1) is 15.4. The summed E-state index contributed by atoms with van der Waals surface area (Å²) in [7, 11) is 1.46. The minimum absolute atomic E-state index is 0.00458. The molecule has 1 fully saturated rings. The second-order valence-electron chi connectivity index (χ2n) is 8.54. The molecule has 1 atom stereocenters. The highest BCUT2D eigenvalue weighted by Gasteiger charge is 2.27. The number of nitrogens with zero attached hydrogens (tertiary/aromatic N) is 2. The molecule has 1 saturated heterocycles. The lowest BCUT2D eigenvalue weighted by Gasteiger charge is -2.32. The molecule has 0 bridgehead atoms. The zero-order chi connectivity index (χ0) is 22.7. The summed E-state index contributed by atoms with van der Waals surface area (Å²) in [5, 5.41) is 0. The normalized spacial score (nSPS) is 17.8.